The van der Waals surface area contributed by atoms with Gasteiger partial charge < -0.3 is 10.4 Å². The molecule has 2 N–H and O–H groups in total. The third-order valence-corrected chi connectivity index (χ3v) is 3.28. The minimum absolute atomic E-state index is 0.0456. The molecule has 2 rings (SSSR count). The Labute approximate surface area is 124 Å². The van der Waals surface area contributed by atoms with E-state index in [-0.39, 0.29) is 12.5 Å². The predicted molar refractivity (Wildman–Crippen MR) is 77.8 cm³/mol. The van der Waals surface area contributed by atoms with Crippen LogP contribution in [0.15, 0.2) is 28.7 Å². The maximum Gasteiger partial charge on any atom is 0.273 e. The summed E-state index contributed by atoms with van der Waals surface area (Å²) in [6, 6.07) is 7.59. The van der Waals surface area contributed by atoms with Gasteiger partial charge in [0, 0.05) is 17.6 Å². The number of aliphatic hydroxyl groups is 1. The van der Waals surface area contributed by atoms with Gasteiger partial charge in [-0.3, -0.25) is 4.79 Å². The highest BCUT2D eigenvalue weighted by Crippen LogP contribution is 2.17. The number of aliphatic hydroxyl groups excluding tert-OH is 1. The molecule has 1 amide bonds. The van der Waals surface area contributed by atoms with E-state index in [0.29, 0.717) is 24.4 Å². The zero-order valence-corrected chi connectivity index (χ0v) is 12.6. The number of halogens is 1. The lowest BCUT2D eigenvalue weighted by atomic mass is 10.3. The quantitative estimate of drug-likeness (QED) is 0.808. The summed E-state index contributed by atoms with van der Waals surface area (Å²) in [6.07, 6.45) is 0.518. The highest BCUT2D eigenvalue weighted by Gasteiger charge is 2.16. The molecule has 0 radical (unpaired) electrons. The molecule has 0 bridgehead atoms. The maximum absolute atomic E-state index is 11.9. The van der Waals surface area contributed by atoms with Crippen LogP contribution in [0.4, 0.5) is 0 Å². The van der Waals surface area contributed by atoms with Crippen LogP contribution in [-0.2, 0) is 0 Å². The Morgan fingerprint density at radius 3 is 3.00 bits per heavy atom. The summed E-state index contributed by atoms with van der Waals surface area (Å²) in [5.74, 6) is -0.280. The Kier molecular flexibility index (Phi) is 4.86. The monoisotopic (exact) mass is 338 g/mol. The molecule has 6 nitrogen and oxygen atoms in total. The number of amides is 1. The molecule has 0 saturated carbocycles. The van der Waals surface area contributed by atoms with Crippen molar-refractivity contribution in [2.24, 2.45) is 0 Å². The standard InChI is InChI=1S/C13H15BrN4O2/c1-9-12(13(20)15-6-3-7-19)16-17-18(9)11-5-2-4-10(14)8-11/h2,4-5,8,19H,3,6-7H2,1H3,(H,15,20). The van der Waals surface area contributed by atoms with Crippen LogP contribution in [0.1, 0.15) is 22.6 Å². The first-order valence-electron chi connectivity index (χ1n) is 6.21. The molecule has 106 valence electrons. The zero-order chi connectivity index (χ0) is 14.5. The van der Waals surface area contributed by atoms with Gasteiger partial charge in [0.1, 0.15) is 0 Å². The lowest BCUT2D eigenvalue weighted by molar-refractivity contribution is 0.0945. The van der Waals surface area contributed by atoms with E-state index in [1.165, 1.54) is 0 Å². The van der Waals surface area contributed by atoms with Gasteiger partial charge in [0.15, 0.2) is 5.69 Å². The second-order valence-corrected chi connectivity index (χ2v) is 5.16. The van der Waals surface area contributed by atoms with Gasteiger partial charge in [0.2, 0.25) is 0 Å². The first-order chi connectivity index (χ1) is 9.63. The van der Waals surface area contributed by atoms with Crippen LogP contribution in [0, 0.1) is 6.92 Å². The topological polar surface area (TPSA) is 80.0 Å². The van der Waals surface area contributed by atoms with E-state index in [9.17, 15) is 4.79 Å². The van der Waals surface area contributed by atoms with Crippen LogP contribution < -0.4 is 5.32 Å². The third kappa shape index (κ3) is 3.23. The first kappa shape index (κ1) is 14.7. The SMILES string of the molecule is Cc1c(C(=O)NCCCO)nnn1-c1cccc(Br)c1. The van der Waals surface area contributed by atoms with Crippen LogP contribution in [0.25, 0.3) is 5.69 Å². The van der Waals surface area contributed by atoms with Crippen molar-refractivity contribution in [2.45, 2.75) is 13.3 Å². The van der Waals surface area contributed by atoms with Gasteiger partial charge in [-0.25, -0.2) is 4.68 Å². The van der Waals surface area contributed by atoms with E-state index in [4.69, 9.17) is 5.11 Å². The molecule has 7 heteroatoms. The van der Waals surface area contributed by atoms with E-state index in [1.807, 2.05) is 24.3 Å². The summed E-state index contributed by atoms with van der Waals surface area (Å²) in [5, 5.41) is 19.3. The van der Waals surface area contributed by atoms with Gasteiger partial charge in [-0.15, -0.1) is 5.10 Å². The molecule has 0 unspecified atom stereocenters. The Bertz CT molecular complexity index is 612. The van der Waals surface area contributed by atoms with Crippen molar-refractivity contribution in [3.63, 3.8) is 0 Å². The summed E-state index contributed by atoms with van der Waals surface area (Å²) in [5.41, 5.74) is 1.80. The van der Waals surface area contributed by atoms with E-state index >= 15 is 0 Å². The van der Waals surface area contributed by atoms with Crippen molar-refractivity contribution in [2.75, 3.05) is 13.2 Å². The molecule has 20 heavy (non-hydrogen) atoms. The fourth-order valence-corrected chi connectivity index (χ4v) is 2.14. The van der Waals surface area contributed by atoms with E-state index in [2.05, 4.69) is 31.6 Å². The Hall–Kier alpha value is -1.73. The smallest absolute Gasteiger partial charge is 0.273 e. The maximum atomic E-state index is 11.9. The molecule has 0 spiro atoms. The van der Waals surface area contributed by atoms with Gasteiger partial charge in [-0.1, -0.05) is 27.2 Å². The second kappa shape index (κ2) is 6.62. The van der Waals surface area contributed by atoms with E-state index in [0.717, 1.165) is 10.2 Å². The number of rotatable bonds is 5. The molecule has 0 fully saturated rings. The van der Waals surface area contributed by atoms with Gasteiger partial charge >= 0.3 is 0 Å². The molecule has 2 aromatic rings. The molecular formula is C13H15BrN4O2. The number of hydrogen-bond donors (Lipinski definition) is 2. The van der Waals surface area contributed by atoms with Crippen LogP contribution in [0.2, 0.25) is 0 Å². The lowest BCUT2D eigenvalue weighted by Crippen LogP contribution is -2.26. The molecule has 0 aliphatic rings. The number of carbonyl (C=O) groups excluding carboxylic acids is 1. The van der Waals surface area contributed by atoms with Crippen molar-refractivity contribution in [3.8, 4) is 5.69 Å². The predicted octanol–water partition coefficient (Wildman–Crippen LogP) is 1.45. The number of benzene rings is 1. The van der Waals surface area contributed by atoms with Gasteiger partial charge in [-0.2, -0.15) is 0 Å². The molecule has 0 aliphatic carbocycles. The summed E-state index contributed by atoms with van der Waals surface area (Å²) in [7, 11) is 0. The number of nitrogens with zero attached hydrogens (tertiary/aromatic N) is 3. The van der Waals surface area contributed by atoms with E-state index < -0.39 is 0 Å². The fraction of sp³-hybridized carbons (Fsp3) is 0.308. The molecule has 1 aromatic heterocycles. The number of nitrogens with one attached hydrogen (secondary N) is 1. The van der Waals surface area contributed by atoms with Gasteiger partial charge in [0.25, 0.3) is 5.91 Å². The summed E-state index contributed by atoms with van der Waals surface area (Å²) in [6.45, 7) is 2.25. The van der Waals surface area contributed by atoms with Gasteiger partial charge in [-0.05, 0) is 31.5 Å². The summed E-state index contributed by atoms with van der Waals surface area (Å²) in [4.78, 5) is 11.9. The third-order valence-electron chi connectivity index (χ3n) is 2.78. The Morgan fingerprint density at radius 1 is 1.50 bits per heavy atom. The van der Waals surface area contributed by atoms with Crippen LogP contribution in [0.5, 0.6) is 0 Å². The molecule has 1 heterocycles. The second-order valence-electron chi connectivity index (χ2n) is 4.25. The highest BCUT2D eigenvalue weighted by molar-refractivity contribution is 9.10. The van der Waals surface area contributed by atoms with Crippen molar-refractivity contribution in [3.05, 3.63) is 40.1 Å². The summed E-state index contributed by atoms with van der Waals surface area (Å²) >= 11 is 3.40. The zero-order valence-electron chi connectivity index (χ0n) is 11.0. The van der Waals surface area contributed by atoms with Crippen molar-refractivity contribution >= 4 is 21.8 Å². The minimum Gasteiger partial charge on any atom is -0.396 e. The Morgan fingerprint density at radius 2 is 2.30 bits per heavy atom. The molecule has 1 aromatic carbocycles. The van der Waals surface area contributed by atoms with Crippen LogP contribution in [-0.4, -0.2) is 39.2 Å². The van der Waals surface area contributed by atoms with Crippen molar-refractivity contribution < 1.29 is 9.90 Å². The molecule has 0 atom stereocenters. The Balaban J connectivity index is 2.21. The average Bonchev–Trinajstić information content (AvgIpc) is 2.81. The number of hydrogen-bond acceptors (Lipinski definition) is 4. The number of carbonyl (C=O) groups is 1. The largest absolute Gasteiger partial charge is 0.396 e. The van der Waals surface area contributed by atoms with Crippen molar-refractivity contribution in [1.29, 1.82) is 0 Å². The first-order valence-corrected chi connectivity index (χ1v) is 7.00. The lowest BCUT2D eigenvalue weighted by Gasteiger charge is -2.05. The fourth-order valence-electron chi connectivity index (χ4n) is 1.76. The highest BCUT2D eigenvalue weighted by atomic mass is 79.9. The number of aromatic nitrogens is 3. The van der Waals surface area contributed by atoms with Crippen LogP contribution >= 0.6 is 15.9 Å². The van der Waals surface area contributed by atoms with Gasteiger partial charge in [0.05, 0.1) is 11.4 Å². The molecule has 0 aliphatic heterocycles. The average molecular weight is 339 g/mol. The minimum atomic E-state index is -0.280. The normalized spacial score (nSPS) is 10.6. The molecular weight excluding hydrogens is 324 g/mol. The van der Waals surface area contributed by atoms with E-state index in [1.54, 1.807) is 11.6 Å². The summed E-state index contributed by atoms with van der Waals surface area (Å²) < 4.78 is 2.55. The van der Waals surface area contributed by atoms with Crippen molar-refractivity contribution in [1.82, 2.24) is 20.3 Å². The van der Waals surface area contributed by atoms with Crippen LogP contribution in [0.3, 0.4) is 0 Å². The molecule has 0 saturated heterocycles.